The Morgan fingerprint density at radius 1 is 1.45 bits per heavy atom. The summed E-state index contributed by atoms with van der Waals surface area (Å²) in [6, 6.07) is -0.263. The van der Waals surface area contributed by atoms with E-state index in [4.69, 9.17) is 10.2 Å². The number of carbonyl (C=O) groups is 1. The molecule has 0 bridgehead atoms. The number of nitrogens with zero attached hydrogens (tertiary/aromatic N) is 3. The van der Waals surface area contributed by atoms with E-state index in [-0.39, 0.29) is 17.6 Å². The molecule has 0 saturated heterocycles. The van der Waals surface area contributed by atoms with E-state index in [2.05, 4.69) is 20.3 Å². The number of nitrogens with two attached hydrogens (primary N) is 1. The van der Waals surface area contributed by atoms with Crippen LogP contribution in [0.4, 0.5) is 5.82 Å². The van der Waals surface area contributed by atoms with E-state index in [1.54, 1.807) is 6.92 Å². The van der Waals surface area contributed by atoms with Crippen molar-refractivity contribution in [2.75, 3.05) is 5.73 Å². The standard InChI is InChI=1S/C14H17N5O3/c1-7-10(14-16-5-6-22-14)19-12(15)11(17-7)13(21)18-8-3-2-4-9(8)20/h5-6,8-9,20H,2-4H2,1H3,(H2,15,19)(H,18,21)/t8-,9-/m1/s1. The van der Waals surface area contributed by atoms with Gasteiger partial charge in [-0.3, -0.25) is 4.79 Å². The molecule has 3 rings (SSSR count). The van der Waals surface area contributed by atoms with Gasteiger partial charge in [-0.15, -0.1) is 0 Å². The van der Waals surface area contributed by atoms with Crippen LogP contribution in [0.1, 0.15) is 35.4 Å². The normalized spacial score (nSPS) is 21.0. The number of hydrogen-bond acceptors (Lipinski definition) is 7. The molecule has 8 nitrogen and oxygen atoms in total. The predicted octanol–water partition coefficient (Wildman–Crippen LogP) is 0.665. The molecule has 1 fully saturated rings. The van der Waals surface area contributed by atoms with Crippen LogP contribution in [0.2, 0.25) is 0 Å². The van der Waals surface area contributed by atoms with Gasteiger partial charge in [0.1, 0.15) is 12.0 Å². The number of aliphatic hydroxyl groups is 1. The Hall–Kier alpha value is -2.48. The molecule has 4 N–H and O–H groups in total. The first-order valence-electron chi connectivity index (χ1n) is 7.09. The highest BCUT2D eigenvalue weighted by Gasteiger charge is 2.28. The summed E-state index contributed by atoms with van der Waals surface area (Å²) < 4.78 is 5.17. The number of rotatable bonds is 3. The number of aromatic nitrogens is 3. The number of hydrogen-bond donors (Lipinski definition) is 3. The molecular formula is C14H17N5O3. The zero-order chi connectivity index (χ0) is 15.7. The summed E-state index contributed by atoms with van der Waals surface area (Å²) in [7, 11) is 0. The van der Waals surface area contributed by atoms with Crippen LogP contribution in [0.5, 0.6) is 0 Å². The van der Waals surface area contributed by atoms with Crippen LogP contribution in [0.25, 0.3) is 11.6 Å². The molecule has 8 heteroatoms. The average Bonchev–Trinajstić information content (AvgIpc) is 3.13. The van der Waals surface area contributed by atoms with E-state index >= 15 is 0 Å². The molecule has 2 aromatic rings. The van der Waals surface area contributed by atoms with Crippen LogP contribution < -0.4 is 11.1 Å². The minimum atomic E-state index is -0.522. The maximum atomic E-state index is 12.3. The Balaban J connectivity index is 1.85. The lowest BCUT2D eigenvalue weighted by atomic mass is 10.2. The lowest BCUT2D eigenvalue weighted by molar-refractivity contribution is 0.0869. The van der Waals surface area contributed by atoms with E-state index in [9.17, 15) is 9.90 Å². The lowest BCUT2D eigenvalue weighted by Gasteiger charge is -2.16. The molecule has 0 aliphatic heterocycles. The second-order valence-corrected chi connectivity index (χ2v) is 5.31. The third kappa shape index (κ3) is 2.64. The SMILES string of the molecule is Cc1nc(C(=O)N[C@@H]2CCC[C@H]2O)c(N)nc1-c1ncco1. The molecule has 1 amide bonds. The van der Waals surface area contributed by atoms with Crippen molar-refractivity contribution in [1.29, 1.82) is 0 Å². The number of aliphatic hydroxyl groups excluding tert-OH is 1. The first kappa shape index (κ1) is 14.5. The minimum Gasteiger partial charge on any atom is -0.443 e. The molecule has 1 saturated carbocycles. The number of aryl methyl sites for hydroxylation is 1. The van der Waals surface area contributed by atoms with Gasteiger partial charge in [0.15, 0.2) is 11.5 Å². The van der Waals surface area contributed by atoms with Gasteiger partial charge in [-0.05, 0) is 26.2 Å². The topological polar surface area (TPSA) is 127 Å². The van der Waals surface area contributed by atoms with Gasteiger partial charge in [-0.1, -0.05) is 0 Å². The van der Waals surface area contributed by atoms with Gasteiger partial charge in [0.05, 0.1) is 24.0 Å². The highest BCUT2D eigenvalue weighted by Crippen LogP contribution is 2.22. The Kier molecular flexibility index (Phi) is 3.76. The van der Waals surface area contributed by atoms with Gasteiger partial charge in [-0.2, -0.15) is 0 Å². The third-order valence-electron chi connectivity index (χ3n) is 3.74. The number of carbonyl (C=O) groups excluding carboxylic acids is 1. The molecule has 0 aromatic carbocycles. The van der Waals surface area contributed by atoms with E-state index < -0.39 is 12.0 Å². The summed E-state index contributed by atoms with van der Waals surface area (Å²) in [4.78, 5) is 24.7. The van der Waals surface area contributed by atoms with Crippen LogP contribution in [-0.2, 0) is 0 Å². The van der Waals surface area contributed by atoms with Crippen molar-refractivity contribution in [3.63, 3.8) is 0 Å². The average molecular weight is 303 g/mol. The molecule has 0 spiro atoms. The maximum absolute atomic E-state index is 12.3. The van der Waals surface area contributed by atoms with Gasteiger partial charge < -0.3 is 20.6 Å². The van der Waals surface area contributed by atoms with Crippen molar-refractivity contribution in [2.24, 2.45) is 0 Å². The number of anilines is 1. The van der Waals surface area contributed by atoms with Crippen molar-refractivity contribution in [3.05, 3.63) is 23.8 Å². The second-order valence-electron chi connectivity index (χ2n) is 5.31. The smallest absolute Gasteiger partial charge is 0.274 e. The Bertz CT molecular complexity index is 686. The highest BCUT2D eigenvalue weighted by atomic mass is 16.3. The van der Waals surface area contributed by atoms with Crippen LogP contribution in [-0.4, -0.2) is 38.1 Å². The molecule has 116 valence electrons. The lowest BCUT2D eigenvalue weighted by Crippen LogP contribution is -2.40. The van der Waals surface area contributed by atoms with Gasteiger partial charge >= 0.3 is 0 Å². The Morgan fingerprint density at radius 2 is 2.27 bits per heavy atom. The Labute approximate surface area is 126 Å². The molecule has 1 aliphatic carbocycles. The predicted molar refractivity (Wildman–Crippen MR) is 77.8 cm³/mol. The van der Waals surface area contributed by atoms with Crippen LogP contribution in [0, 0.1) is 6.92 Å². The second kappa shape index (κ2) is 5.72. The molecular weight excluding hydrogens is 286 g/mol. The quantitative estimate of drug-likeness (QED) is 0.760. The Morgan fingerprint density at radius 3 is 2.91 bits per heavy atom. The third-order valence-corrected chi connectivity index (χ3v) is 3.74. The number of nitrogen functional groups attached to an aromatic ring is 1. The highest BCUT2D eigenvalue weighted by molar-refractivity contribution is 5.96. The van der Waals surface area contributed by atoms with Crippen molar-refractivity contribution in [1.82, 2.24) is 20.3 Å². The molecule has 2 aromatic heterocycles. The molecule has 2 heterocycles. The van der Waals surface area contributed by atoms with Gasteiger partial charge in [0.25, 0.3) is 5.91 Å². The summed E-state index contributed by atoms with van der Waals surface area (Å²) in [5.74, 6) is -0.128. The maximum Gasteiger partial charge on any atom is 0.274 e. The van der Waals surface area contributed by atoms with E-state index in [0.717, 1.165) is 12.8 Å². The molecule has 22 heavy (non-hydrogen) atoms. The minimum absolute atomic E-state index is 0.00351. The fourth-order valence-electron chi connectivity index (χ4n) is 2.59. The van der Waals surface area contributed by atoms with Crippen molar-refractivity contribution < 1.29 is 14.3 Å². The van der Waals surface area contributed by atoms with Crippen LogP contribution >= 0.6 is 0 Å². The van der Waals surface area contributed by atoms with E-state index in [0.29, 0.717) is 23.7 Å². The van der Waals surface area contributed by atoms with Crippen LogP contribution in [0.15, 0.2) is 16.9 Å². The molecule has 0 radical (unpaired) electrons. The monoisotopic (exact) mass is 303 g/mol. The fraction of sp³-hybridized carbons (Fsp3) is 0.429. The fourth-order valence-corrected chi connectivity index (χ4v) is 2.59. The zero-order valence-corrected chi connectivity index (χ0v) is 12.1. The van der Waals surface area contributed by atoms with E-state index in [1.807, 2.05) is 0 Å². The van der Waals surface area contributed by atoms with Gasteiger partial charge in [-0.25, -0.2) is 15.0 Å². The first-order valence-corrected chi connectivity index (χ1v) is 7.09. The van der Waals surface area contributed by atoms with E-state index in [1.165, 1.54) is 12.5 Å². The molecule has 0 unspecified atom stereocenters. The largest absolute Gasteiger partial charge is 0.443 e. The summed E-state index contributed by atoms with van der Waals surface area (Å²) in [5.41, 5.74) is 6.78. The molecule has 1 aliphatic rings. The summed E-state index contributed by atoms with van der Waals surface area (Å²) >= 11 is 0. The molecule has 2 atom stereocenters. The summed E-state index contributed by atoms with van der Waals surface area (Å²) in [6.07, 6.45) is 4.71. The summed E-state index contributed by atoms with van der Waals surface area (Å²) in [5, 5.41) is 12.5. The number of oxazole rings is 1. The number of nitrogens with one attached hydrogen (secondary N) is 1. The zero-order valence-electron chi connectivity index (χ0n) is 12.1. The summed E-state index contributed by atoms with van der Waals surface area (Å²) in [6.45, 7) is 1.70. The van der Waals surface area contributed by atoms with Crippen molar-refractivity contribution in [3.8, 4) is 11.6 Å². The van der Waals surface area contributed by atoms with Crippen molar-refractivity contribution in [2.45, 2.75) is 38.3 Å². The van der Waals surface area contributed by atoms with Crippen molar-refractivity contribution >= 4 is 11.7 Å². The van der Waals surface area contributed by atoms with Gasteiger partial charge in [0.2, 0.25) is 5.89 Å². The number of amides is 1. The first-order chi connectivity index (χ1) is 10.6. The van der Waals surface area contributed by atoms with Crippen LogP contribution in [0.3, 0.4) is 0 Å². The van der Waals surface area contributed by atoms with Gasteiger partial charge in [0, 0.05) is 0 Å².